The summed E-state index contributed by atoms with van der Waals surface area (Å²) in [6.07, 6.45) is 2.04. The molecule has 0 saturated heterocycles. The first-order chi connectivity index (χ1) is 7.07. The van der Waals surface area contributed by atoms with E-state index in [1.165, 1.54) is 0 Å². The quantitative estimate of drug-likeness (QED) is 0.724. The van der Waals surface area contributed by atoms with Crippen molar-refractivity contribution in [3.05, 3.63) is 36.5 Å². The van der Waals surface area contributed by atoms with Crippen molar-refractivity contribution in [1.82, 2.24) is 14.7 Å². The highest BCUT2D eigenvalue weighted by atomic mass is 28.3. The fourth-order valence-electron chi connectivity index (χ4n) is 1.33. The number of nitrogens with zero attached hydrogens (tertiary/aromatic N) is 3. The predicted octanol–water partition coefficient (Wildman–Crippen LogP) is 2.63. The summed E-state index contributed by atoms with van der Waals surface area (Å²) in [5.74, 6) is 0. The average Bonchev–Trinajstić information content (AvgIpc) is 2.67. The van der Waals surface area contributed by atoms with Crippen LogP contribution in [0.4, 0.5) is 0 Å². The van der Waals surface area contributed by atoms with Gasteiger partial charge in [0.2, 0.25) is 0 Å². The molecule has 0 radical (unpaired) electrons. The maximum absolute atomic E-state index is 4.20. The van der Waals surface area contributed by atoms with Crippen LogP contribution < -0.4 is 0 Å². The molecular formula is C11H15N3Si. The lowest BCUT2D eigenvalue weighted by Gasteiger charge is -2.14. The zero-order chi connectivity index (χ0) is 10.9. The van der Waals surface area contributed by atoms with Gasteiger partial charge in [0.1, 0.15) is 5.69 Å². The van der Waals surface area contributed by atoms with Gasteiger partial charge in [-0.15, -0.1) is 5.10 Å². The Kier molecular flexibility index (Phi) is 2.44. The van der Waals surface area contributed by atoms with Crippen LogP contribution in [-0.4, -0.2) is 22.9 Å². The van der Waals surface area contributed by atoms with Crippen LogP contribution in [0.3, 0.4) is 0 Å². The third kappa shape index (κ3) is 2.15. The summed E-state index contributed by atoms with van der Waals surface area (Å²) in [5.41, 5.74) is 2.08. The van der Waals surface area contributed by atoms with Crippen LogP contribution in [0.2, 0.25) is 19.6 Å². The Balaban J connectivity index is 2.37. The van der Waals surface area contributed by atoms with Gasteiger partial charge in [-0.05, 0) is 19.6 Å². The van der Waals surface area contributed by atoms with Crippen molar-refractivity contribution in [1.29, 1.82) is 0 Å². The first-order valence-corrected chi connectivity index (χ1v) is 8.50. The normalized spacial score (nSPS) is 11.7. The minimum atomic E-state index is -1.40. The average molecular weight is 217 g/mol. The van der Waals surface area contributed by atoms with Gasteiger partial charge in [-0.3, -0.25) is 4.35 Å². The van der Waals surface area contributed by atoms with Crippen LogP contribution in [0.5, 0.6) is 0 Å². The molecule has 4 heteroatoms. The van der Waals surface area contributed by atoms with Crippen LogP contribution in [-0.2, 0) is 0 Å². The van der Waals surface area contributed by atoms with Gasteiger partial charge >= 0.3 is 0 Å². The number of rotatable bonds is 2. The first-order valence-electron chi connectivity index (χ1n) is 5.05. The molecule has 0 aliphatic rings. The molecule has 3 nitrogen and oxygen atoms in total. The SMILES string of the molecule is C[Si](C)(C)n1cc(-c2ccccc2)nn1. The lowest BCUT2D eigenvalue weighted by atomic mass is 10.2. The van der Waals surface area contributed by atoms with Crippen molar-refractivity contribution in [2.75, 3.05) is 0 Å². The van der Waals surface area contributed by atoms with Crippen molar-refractivity contribution >= 4 is 8.24 Å². The maximum atomic E-state index is 4.20. The topological polar surface area (TPSA) is 30.7 Å². The van der Waals surface area contributed by atoms with Gasteiger partial charge in [0.15, 0.2) is 8.24 Å². The Morgan fingerprint density at radius 3 is 2.27 bits per heavy atom. The van der Waals surface area contributed by atoms with E-state index < -0.39 is 8.24 Å². The van der Waals surface area contributed by atoms with E-state index in [2.05, 4.69) is 42.1 Å². The largest absolute Gasteiger partial charge is 0.282 e. The maximum Gasteiger partial charge on any atom is 0.178 e. The molecule has 0 fully saturated rings. The Hall–Kier alpha value is -1.42. The van der Waals surface area contributed by atoms with Gasteiger partial charge < -0.3 is 0 Å². The van der Waals surface area contributed by atoms with Gasteiger partial charge in [0.05, 0.1) is 0 Å². The van der Waals surface area contributed by atoms with Crippen molar-refractivity contribution in [2.45, 2.75) is 19.6 Å². The molecule has 1 aromatic heterocycles. The summed E-state index contributed by atoms with van der Waals surface area (Å²) in [5, 5.41) is 8.39. The standard InChI is InChI=1S/C11H15N3Si/c1-15(2,3)14-9-11(12-13-14)10-7-5-4-6-8-10/h4-9H,1-3H3. The molecule has 0 aliphatic heterocycles. The molecule has 0 atom stereocenters. The second kappa shape index (κ2) is 3.62. The number of hydrogen-bond donors (Lipinski definition) is 0. The predicted molar refractivity (Wildman–Crippen MR) is 64.2 cm³/mol. The Morgan fingerprint density at radius 2 is 1.73 bits per heavy atom. The Labute approximate surface area is 90.8 Å². The third-order valence-electron chi connectivity index (χ3n) is 2.25. The van der Waals surface area contributed by atoms with E-state index in [1.807, 2.05) is 28.7 Å². The fraction of sp³-hybridized carbons (Fsp3) is 0.273. The third-order valence-corrected chi connectivity index (χ3v) is 3.84. The number of benzene rings is 1. The molecule has 0 unspecified atom stereocenters. The molecule has 0 aliphatic carbocycles. The highest BCUT2D eigenvalue weighted by Crippen LogP contribution is 2.16. The highest BCUT2D eigenvalue weighted by Gasteiger charge is 2.18. The van der Waals surface area contributed by atoms with Crippen molar-refractivity contribution in [3.8, 4) is 11.3 Å². The summed E-state index contributed by atoms with van der Waals surface area (Å²) in [7, 11) is -1.40. The lowest BCUT2D eigenvalue weighted by Crippen LogP contribution is -2.32. The Bertz CT molecular complexity index is 442. The van der Waals surface area contributed by atoms with Gasteiger partial charge in [-0.1, -0.05) is 35.5 Å². The minimum absolute atomic E-state index is 0.957. The molecule has 0 spiro atoms. The van der Waals surface area contributed by atoms with Gasteiger partial charge in [0, 0.05) is 11.8 Å². The zero-order valence-electron chi connectivity index (χ0n) is 9.31. The second-order valence-corrected chi connectivity index (χ2v) is 9.39. The molecule has 0 bridgehead atoms. The molecule has 1 heterocycles. The van der Waals surface area contributed by atoms with Gasteiger partial charge in [-0.25, -0.2) is 0 Å². The van der Waals surface area contributed by atoms with Gasteiger partial charge in [-0.2, -0.15) is 0 Å². The summed E-state index contributed by atoms with van der Waals surface area (Å²) in [4.78, 5) is 0. The molecule has 78 valence electrons. The number of hydrogen-bond acceptors (Lipinski definition) is 2. The van der Waals surface area contributed by atoms with Crippen LogP contribution >= 0.6 is 0 Å². The van der Waals surface area contributed by atoms with Crippen LogP contribution in [0.15, 0.2) is 36.5 Å². The van der Waals surface area contributed by atoms with E-state index in [0.29, 0.717) is 0 Å². The van der Waals surface area contributed by atoms with E-state index in [1.54, 1.807) is 0 Å². The molecule has 0 saturated carbocycles. The Morgan fingerprint density at radius 1 is 1.07 bits per heavy atom. The molecule has 0 amide bonds. The zero-order valence-corrected chi connectivity index (χ0v) is 10.3. The van der Waals surface area contributed by atoms with Gasteiger partial charge in [0.25, 0.3) is 0 Å². The van der Waals surface area contributed by atoms with Crippen LogP contribution in [0.1, 0.15) is 0 Å². The fourth-order valence-corrected chi connectivity index (χ4v) is 2.16. The highest BCUT2D eigenvalue weighted by molar-refractivity contribution is 6.74. The minimum Gasteiger partial charge on any atom is -0.282 e. The summed E-state index contributed by atoms with van der Waals surface area (Å²) in [6, 6.07) is 10.1. The molecule has 0 N–H and O–H groups in total. The van der Waals surface area contributed by atoms with Crippen LogP contribution in [0, 0.1) is 0 Å². The first kappa shape index (κ1) is 10.1. The molecule has 2 aromatic rings. The molecule has 15 heavy (non-hydrogen) atoms. The van der Waals surface area contributed by atoms with Crippen molar-refractivity contribution in [2.24, 2.45) is 0 Å². The van der Waals surface area contributed by atoms with E-state index in [0.717, 1.165) is 11.3 Å². The summed E-state index contributed by atoms with van der Waals surface area (Å²) in [6.45, 7) is 6.74. The molecule has 1 aromatic carbocycles. The smallest absolute Gasteiger partial charge is 0.178 e. The van der Waals surface area contributed by atoms with Crippen molar-refractivity contribution in [3.63, 3.8) is 0 Å². The van der Waals surface area contributed by atoms with Crippen LogP contribution in [0.25, 0.3) is 11.3 Å². The van der Waals surface area contributed by atoms with Crippen molar-refractivity contribution < 1.29 is 0 Å². The van der Waals surface area contributed by atoms with E-state index >= 15 is 0 Å². The molecule has 2 rings (SSSR count). The second-order valence-electron chi connectivity index (χ2n) is 4.59. The monoisotopic (exact) mass is 217 g/mol. The lowest BCUT2D eigenvalue weighted by molar-refractivity contribution is 0.843. The van der Waals surface area contributed by atoms with E-state index in [4.69, 9.17) is 0 Å². The summed E-state index contributed by atoms with van der Waals surface area (Å²) < 4.78 is 2.02. The molecular weight excluding hydrogens is 202 g/mol. The van der Waals surface area contributed by atoms with E-state index in [9.17, 15) is 0 Å². The van der Waals surface area contributed by atoms with E-state index in [-0.39, 0.29) is 0 Å². The number of aromatic nitrogens is 3. The summed E-state index contributed by atoms with van der Waals surface area (Å²) >= 11 is 0.